The fraction of sp³-hybridized carbons (Fsp3) is 0.240. The molecule has 11 heteroatoms. The van der Waals surface area contributed by atoms with Gasteiger partial charge in [0.05, 0.1) is 28.5 Å². The van der Waals surface area contributed by atoms with Crippen molar-refractivity contribution in [1.29, 1.82) is 0 Å². The van der Waals surface area contributed by atoms with Crippen LogP contribution in [-0.4, -0.2) is 34.6 Å². The van der Waals surface area contributed by atoms with Crippen molar-refractivity contribution in [2.75, 3.05) is 40.5 Å². The second-order valence-electron chi connectivity index (χ2n) is 8.24. The molecular weight excluding hydrogens is 523 g/mol. The molecule has 8 nitrogen and oxygen atoms in total. The van der Waals surface area contributed by atoms with Gasteiger partial charge in [0.15, 0.2) is 0 Å². The van der Waals surface area contributed by atoms with Gasteiger partial charge < -0.3 is 20.3 Å². The van der Waals surface area contributed by atoms with Gasteiger partial charge in [-0.05, 0) is 67.8 Å². The SMILES string of the molecule is COc1ccccc1NS(=O)(=O)c1cc(NC(=O)Nc2ccc(Cl)c(Cl)c2)ccc1N1CCCCC1. The van der Waals surface area contributed by atoms with Crippen LogP contribution in [0, 0.1) is 0 Å². The highest BCUT2D eigenvalue weighted by molar-refractivity contribution is 7.93. The number of hydrogen-bond donors (Lipinski definition) is 3. The number of nitrogens with zero attached hydrogens (tertiary/aromatic N) is 1. The van der Waals surface area contributed by atoms with E-state index in [1.165, 1.54) is 19.2 Å². The van der Waals surface area contributed by atoms with Crippen molar-refractivity contribution in [2.24, 2.45) is 0 Å². The highest BCUT2D eigenvalue weighted by atomic mass is 35.5. The second kappa shape index (κ2) is 11.3. The summed E-state index contributed by atoms with van der Waals surface area (Å²) in [6.07, 6.45) is 3.06. The number of urea groups is 1. The van der Waals surface area contributed by atoms with Gasteiger partial charge in [0.1, 0.15) is 10.6 Å². The van der Waals surface area contributed by atoms with Crippen LogP contribution in [0.15, 0.2) is 65.6 Å². The molecule has 3 N–H and O–H groups in total. The van der Waals surface area contributed by atoms with Crippen LogP contribution in [0.3, 0.4) is 0 Å². The number of anilines is 4. The normalized spacial score (nSPS) is 13.7. The van der Waals surface area contributed by atoms with E-state index in [2.05, 4.69) is 20.3 Å². The summed E-state index contributed by atoms with van der Waals surface area (Å²) in [7, 11) is -2.55. The first-order valence-corrected chi connectivity index (χ1v) is 13.6. The van der Waals surface area contributed by atoms with Gasteiger partial charge in [-0.1, -0.05) is 35.3 Å². The van der Waals surface area contributed by atoms with E-state index < -0.39 is 16.1 Å². The van der Waals surface area contributed by atoms with Crippen molar-refractivity contribution in [3.63, 3.8) is 0 Å². The van der Waals surface area contributed by atoms with Crippen LogP contribution in [0.2, 0.25) is 10.0 Å². The highest BCUT2D eigenvalue weighted by Crippen LogP contribution is 2.34. The summed E-state index contributed by atoms with van der Waals surface area (Å²) in [4.78, 5) is 14.7. The number of nitrogens with one attached hydrogen (secondary N) is 3. The van der Waals surface area contributed by atoms with Crippen LogP contribution in [-0.2, 0) is 10.0 Å². The lowest BCUT2D eigenvalue weighted by atomic mass is 10.1. The van der Waals surface area contributed by atoms with Crippen LogP contribution < -0.4 is 25.0 Å². The summed E-state index contributed by atoms with van der Waals surface area (Å²) >= 11 is 11.9. The van der Waals surface area contributed by atoms with Crippen molar-refractivity contribution in [3.05, 3.63) is 70.7 Å². The summed E-state index contributed by atoms with van der Waals surface area (Å²) < 4.78 is 35.1. The maximum absolute atomic E-state index is 13.6. The lowest BCUT2D eigenvalue weighted by molar-refractivity contribution is 0.262. The summed E-state index contributed by atoms with van der Waals surface area (Å²) in [5.41, 5.74) is 1.65. The zero-order valence-electron chi connectivity index (χ0n) is 19.6. The molecule has 4 rings (SSSR count). The van der Waals surface area contributed by atoms with E-state index in [1.54, 1.807) is 48.5 Å². The largest absolute Gasteiger partial charge is 0.495 e. The van der Waals surface area contributed by atoms with Crippen LogP contribution in [0.5, 0.6) is 5.75 Å². The summed E-state index contributed by atoms with van der Waals surface area (Å²) in [6, 6.07) is 15.8. The number of amides is 2. The number of carbonyl (C=O) groups is 1. The number of para-hydroxylation sites is 2. The summed E-state index contributed by atoms with van der Waals surface area (Å²) in [5.74, 6) is 0.399. The molecule has 1 fully saturated rings. The minimum Gasteiger partial charge on any atom is -0.495 e. The molecule has 2 amide bonds. The fourth-order valence-electron chi connectivity index (χ4n) is 4.00. The molecule has 0 bridgehead atoms. The molecule has 0 aliphatic carbocycles. The van der Waals surface area contributed by atoms with Crippen molar-refractivity contribution in [2.45, 2.75) is 24.2 Å². The Labute approximate surface area is 220 Å². The third kappa shape index (κ3) is 6.16. The Balaban J connectivity index is 1.63. The van der Waals surface area contributed by atoms with Gasteiger partial charge in [0.25, 0.3) is 10.0 Å². The van der Waals surface area contributed by atoms with Gasteiger partial charge in [-0.2, -0.15) is 0 Å². The van der Waals surface area contributed by atoms with E-state index in [9.17, 15) is 13.2 Å². The Morgan fingerprint density at radius 1 is 0.889 bits per heavy atom. The van der Waals surface area contributed by atoms with E-state index in [0.29, 0.717) is 38.5 Å². The van der Waals surface area contributed by atoms with Gasteiger partial charge in [-0.3, -0.25) is 4.72 Å². The Bertz CT molecular complexity index is 1360. The monoisotopic (exact) mass is 548 g/mol. The van der Waals surface area contributed by atoms with Crippen LogP contribution in [0.4, 0.5) is 27.5 Å². The first kappa shape index (κ1) is 25.9. The number of ether oxygens (including phenoxy) is 1. The molecule has 36 heavy (non-hydrogen) atoms. The molecule has 1 saturated heterocycles. The maximum atomic E-state index is 13.6. The van der Waals surface area contributed by atoms with E-state index in [0.717, 1.165) is 32.4 Å². The molecule has 0 atom stereocenters. The van der Waals surface area contributed by atoms with Crippen LogP contribution in [0.25, 0.3) is 0 Å². The van der Waals surface area contributed by atoms with Gasteiger partial charge >= 0.3 is 6.03 Å². The molecule has 1 aliphatic rings. The van der Waals surface area contributed by atoms with Crippen LogP contribution in [0.1, 0.15) is 19.3 Å². The molecule has 0 radical (unpaired) electrons. The molecule has 1 aliphatic heterocycles. The van der Waals surface area contributed by atoms with Crippen molar-refractivity contribution < 1.29 is 17.9 Å². The van der Waals surface area contributed by atoms with Gasteiger partial charge in [0.2, 0.25) is 0 Å². The number of sulfonamides is 1. The van der Waals surface area contributed by atoms with Crippen LogP contribution >= 0.6 is 23.2 Å². The quantitative estimate of drug-likeness (QED) is 0.315. The molecule has 3 aromatic rings. The Hall–Kier alpha value is -3.14. The molecule has 0 saturated carbocycles. The van der Waals surface area contributed by atoms with Gasteiger partial charge in [-0.25, -0.2) is 13.2 Å². The summed E-state index contributed by atoms with van der Waals surface area (Å²) in [5, 5.41) is 6.03. The van der Waals surface area contributed by atoms with Crippen molar-refractivity contribution >= 4 is 62.0 Å². The average molecular weight is 549 g/mol. The Morgan fingerprint density at radius 2 is 1.56 bits per heavy atom. The third-order valence-electron chi connectivity index (χ3n) is 5.73. The number of rotatable bonds is 7. The molecule has 190 valence electrons. The standard InChI is InChI=1S/C25H26Cl2N4O4S/c1-35-23-8-4-3-7-21(23)30-36(33,34)24-16-18(10-12-22(24)31-13-5-2-6-14-31)29-25(32)28-17-9-11-19(26)20(27)15-17/h3-4,7-12,15-16,30H,2,5-6,13-14H2,1H3,(H2,28,29,32). The average Bonchev–Trinajstić information content (AvgIpc) is 2.87. The lowest BCUT2D eigenvalue weighted by Crippen LogP contribution is -2.31. The first-order chi connectivity index (χ1) is 17.3. The van der Waals surface area contributed by atoms with E-state index in [-0.39, 0.29) is 4.90 Å². The number of benzene rings is 3. The lowest BCUT2D eigenvalue weighted by Gasteiger charge is -2.30. The minimum absolute atomic E-state index is 0.0580. The number of piperidine rings is 1. The third-order valence-corrected chi connectivity index (χ3v) is 7.87. The van der Waals surface area contributed by atoms with Crippen molar-refractivity contribution in [3.8, 4) is 5.75 Å². The predicted molar refractivity (Wildman–Crippen MR) is 145 cm³/mol. The zero-order chi connectivity index (χ0) is 25.7. The van der Waals surface area contributed by atoms with E-state index in [1.807, 2.05) is 0 Å². The number of halogens is 2. The smallest absolute Gasteiger partial charge is 0.323 e. The molecule has 3 aromatic carbocycles. The van der Waals surface area contributed by atoms with Gasteiger partial charge in [-0.15, -0.1) is 0 Å². The predicted octanol–water partition coefficient (Wildman–Crippen LogP) is 6.44. The molecule has 0 spiro atoms. The Morgan fingerprint density at radius 3 is 2.25 bits per heavy atom. The van der Waals surface area contributed by atoms with Crippen molar-refractivity contribution in [1.82, 2.24) is 0 Å². The van der Waals surface area contributed by atoms with E-state index in [4.69, 9.17) is 27.9 Å². The number of methoxy groups -OCH3 is 1. The fourth-order valence-corrected chi connectivity index (χ4v) is 5.62. The Kier molecular flexibility index (Phi) is 8.13. The topological polar surface area (TPSA) is 99.8 Å². The first-order valence-electron chi connectivity index (χ1n) is 11.3. The molecule has 1 heterocycles. The van der Waals surface area contributed by atoms with Gasteiger partial charge in [0, 0.05) is 24.5 Å². The second-order valence-corrected chi connectivity index (χ2v) is 10.7. The summed E-state index contributed by atoms with van der Waals surface area (Å²) in [6.45, 7) is 1.50. The number of hydrogen-bond acceptors (Lipinski definition) is 5. The minimum atomic E-state index is -4.03. The molecular formula is C25H26Cl2N4O4S. The maximum Gasteiger partial charge on any atom is 0.323 e. The zero-order valence-corrected chi connectivity index (χ0v) is 21.9. The number of carbonyl (C=O) groups excluding carboxylic acids is 1. The highest BCUT2D eigenvalue weighted by Gasteiger charge is 2.25. The molecule has 0 unspecified atom stereocenters. The molecule has 0 aromatic heterocycles. The van der Waals surface area contributed by atoms with E-state index >= 15 is 0 Å².